The van der Waals surface area contributed by atoms with Crippen LogP contribution in [0.4, 0.5) is 11.7 Å². The third-order valence-electron chi connectivity index (χ3n) is 6.52. The summed E-state index contributed by atoms with van der Waals surface area (Å²) >= 11 is 12.2. The van der Waals surface area contributed by atoms with Gasteiger partial charge < -0.3 is 14.7 Å². The Morgan fingerprint density at radius 2 is 1.87 bits per heavy atom. The van der Waals surface area contributed by atoms with Crippen molar-refractivity contribution < 1.29 is 4.52 Å². The van der Waals surface area contributed by atoms with Crippen molar-refractivity contribution in [2.75, 3.05) is 23.3 Å². The molecule has 0 bridgehead atoms. The van der Waals surface area contributed by atoms with Gasteiger partial charge in [-0.1, -0.05) is 28.4 Å². The van der Waals surface area contributed by atoms with Gasteiger partial charge in [-0.05, 0) is 68.4 Å². The van der Waals surface area contributed by atoms with E-state index < -0.39 is 0 Å². The summed E-state index contributed by atoms with van der Waals surface area (Å²) in [6, 6.07) is 10.3. The van der Waals surface area contributed by atoms with Crippen LogP contribution in [0, 0.1) is 12.3 Å². The number of anilines is 2. The fraction of sp³-hybridized carbons (Fsp3) is 0.409. The molecular weight excluding hydrogens is 421 g/mol. The smallest absolute Gasteiger partial charge is 0.322 e. The van der Waals surface area contributed by atoms with Gasteiger partial charge in [-0.15, -0.1) is 0 Å². The first-order valence-corrected chi connectivity index (χ1v) is 11.0. The number of aromatic nitrogens is 3. The van der Waals surface area contributed by atoms with Crippen molar-refractivity contribution in [1.29, 1.82) is 0 Å². The molecule has 2 aliphatic rings. The molecule has 156 valence electrons. The Bertz CT molecular complexity index is 1040. The van der Waals surface area contributed by atoms with Crippen molar-refractivity contribution in [2.24, 2.45) is 5.41 Å². The normalized spacial score (nSPS) is 20.2. The highest BCUT2D eigenvalue weighted by Gasteiger charge is 2.48. The number of halogens is 2. The fourth-order valence-electron chi connectivity index (χ4n) is 4.69. The first-order valence-electron chi connectivity index (χ1n) is 10.3. The second-order valence-electron chi connectivity index (χ2n) is 8.32. The summed E-state index contributed by atoms with van der Waals surface area (Å²) < 4.78 is 5.47. The maximum absolute atomic E-state index is 6.09. The Hall–Kier alpha value is -2.31. The average Bonchev–Trinajstić information content (AvgIpc) is 3.20. The van der Waals surface area contributed by atoms with Crippen molar-refractivity contribution >= 4 is 34.9 Å². The Kier molecular flexibility index (Phi) is 5.07. The molecule has 8 heteroatoms. The zero-order chi connectivity index (χ0) is 20.7. The highest BCUT2D eigenvalue weighted by Crippen LogP contribution is 2.50. The minimum atomic E-state index is 0.298. The van der Waals surface area contributed by atoms with E-state index >= 15 is 0 Å². The highest BCUT2D eigenvalue weighted by molar-refractivity contribution is 6.35. The minimum Gasteiger partial charge on any atom is -0.371 e. The van der Waals surface area contributed by atoms with Crippen LogP contribution in [0.2, 0.25) is 10.0 Å². The Morgan fingerprint density at radius 1 is 1.10 bits per heavy atom. The van der Waals surface area contributed by atoms with Gasteiger partial charge in [0.05, 0.1) is 0 Å². The van der Waals surface area contributed by atoms with Crippen LogP contribution in [-0.4, -0.2) is 34.3 Å². The lowest BCUT2D eigenvalue weighted by Crippen LogP contribution is -2.55. The molecule has 1 aromatic carbocycles. The van der Waals surface area contributed by atoms with Crippen LogP contribution in [0.15, 0.2) is 41.1 Å². The molecule has 0 amide bonds. The minimum absolute atomic E-state index is 0.298. The SMILES string of the molecule is Cc1cc(N2CCC3(CCC3Nc3nc(-c4cc(Cl)cc(Cl)c4)no3)CC2)ccn1. The summed E-state index contributed by atoms with van der Waals surface area (Å²) in [6.07, 6.45) is 6.55. The quantitative estimate of drug-likeness (QED) is 0.565. The second-order valence-corrected chi connectivity index (χ2v) is 9.19. The molecule has 5 rings (SSSR count). The summed E-state index contributed by atoms with van der Waals surface area (Å²) in [6.45, 7) is 4.15. The van der Waals surface area contributed by atoms with Crippen LogP contribution in [0.1, 0.15) is 31.4 Å². The fourth-order valence-corrected chi connectivity index (χ4v) is 5.22. The number of aryl methyl sites for hydroxylation is 1. The molecular formula is C22H23Cl2N5O. The van der Waals surface area contributed by atoms with Gasteiger partial charge in [0.2, 0.25) is 5.82 Å². The van der Waals surface area contributed by atoms with E-state index in [4.69, 9.17) is 27.7 Å². The van der Waals surface area contributed by atoms with Crippen molar-refractivity contribution in [1.82, 2.24) is 15.1 Å². The number of nitrogens with zero attached hydrogens (tertiary/aromatic N) is 4. The zero-order valence-electron chi connectivity index (χ0n) is 16.7. The Balaban J connectivity index is 1.24. The van der Waals surface area contributed by atoms with E-state index in [1.54, 1.807) is 18.2 Å². The van der Waals surface area contributed by atoms with E-state index in [-0.39, 0.29) is 0 Å². The molecule has 3 aromatic rings. The molecule has 1 spiro atoms. The van der Waals surface area contributed by atoms with Crippen molar-refractivity contribution in [3.8, 4) is 11.4 Å². The summed E-state index contributed by atoms with van der Waals surface area (Å²) in [5.41, 5.74) is 3.37. The lowest BCUT2D eigenvalue weighted by Gasteiger charge is -2.54. The van der Waals surface area contributed by atoms with Gasteiger partial charge in [0.1, 0.15) is 0 Å². The second kappa shape index (κ2) is 7.75. The van der Waals surface area contributed by atoms with E-state index in [9.17, 15) is 0 Å². The molecule has 1 saturated heterocycles. The molecule has 1 N–H and O–H groups in total. The van der Waals surface area contributed by atoms with E-state index in [0.29, 0.717) is 33.3 Å². The van der Waals surface area contributed by atoms with Crippen molar-refractivity contribution in [2.45, 2.75) is 38.6 Å². The highest BCUT2D eigenvalue weighted by atomic mass is 35.5. The predicted molar refractivity (Wildman–Crippen MR) is 119 cm³/mol. The lowest BCUT2D eigenvalue weighted by atomic mass is 9.59. The van der Waals surface area contributed by atoms with E-state index in [2.05, 4.69) is 37.5 Å². The maximum Gasteiger partial charge on any atom is 0.322 e. The van der Waals surface area contributed by atoms with E-state index in [1.165, 1.54) is 12.1 Å². The molecule has 1 atom stereocenters. The van der Waals surface area contributed by atoms with E-state index in [0.717, 1.165) is 43.6 Å². The summed E-state index contributed by atoms with van der Waals surface area (Å²) in [5, 5.41) is 8.68. The average molecular weight is 444 g/mol. The third-order valence-corrected chi connectivity index (χ3v) is 6.96. The van der Waals surface area contributed by atoms with Crippen LogP contribution in [-0.2, 0) is 0 Å². The molecule has 1 unspecified atom stereocenters. The standard InChI is InChI=1S/C22H23Cl2N5O/c1-14-10-18(3-7-25-14)29-8-5-22(6-9-29)4-2-19(22)26-21-27-20(28-30-21)15-11-16(23)13-17(24)12-15/h3,7,10-13,19H,2,4-6,8-9H2,1H3,(H,26,27,28). The molecule has 30 heavy (non-hydrogen) atoms. The monoisotopic (exact) mass is 443 g/mol. The predicted octanol–water partition coefficient (Wildman–Crippen LogP) is 5.61. The summed E-state index contributed by atoms with van der Waals surface area (Å²) in [7, 11) is 0. The molecule has 0 radical (unpaired) electrons. The van der Waals surface area contributed by atoms with Crippen LogP contribution in [0.3, 0.4) is 0 Å². The first kappa shape index (κ1) is 19.6. The number of rotatable bonds is 4. The van der Waals surface area contributed by atoms with Crippen molar-refractivity contribution in [3.05, 3.63) is 52.3 Å². The molecule has 1 saturated carbocycles. The van der Waals surface area contributed by atoms with Crippen LogP contribution >= 0.6 is 23.2 Å². The van der Waals surface area contributed by atoms with Gasteiger partial charge >= 0.3 is 6.01 Å². The first-order chi connectivity index (χ1) is 14.5. The van der Waals surface area contributed by atoms with Crippen LogP contribution in [0.25, 0.3) is 11.4 Å². The maximum atomic E-state index is 6.09. The molecule has 2 fully saturated rings. The number of benzene rings is 1. The number of hydrogen-bond acceptors (Lipinski definition) is 6. The van der Waals surface area contributed by atoms with Gasteiger partial charge in [-0.3, -0.25) is 4.98 Å². The largest absolute Gasteiger partial charge is 0.371 e. The van der Waals surface area contributed by atoms with Gasteiger partial charge in [0, 0.05) is 52.3 Å². The molecule has 2 aromatic heterocycles. The zero-order valence-corrected chi connectivity index (χ0v) is 18.2. The van der Waals surface area contributed by atoms with Crippen molar-refractivity contribution in [3.63, 3.8) is 0 Å². The van der Waals surface area contributed by atoms with Gasteiger partial charge in [0.25, 0.3) is 0 Å². The molecule has 3 heterocycles. The van der Waals surface area contributed by atoms with Gasteiger partial charge in [-0.2, -0.15) is 4.98 Å². The summed E-state index contributed by atoms with van der Waals surface area (Å²) in [5.74, 6) is 0.484. The van der Waals surface area contributed by atoms with Gasteiger partial charge in [0.15, 0.2) is 0 Å². The summed E-state index contributed by atoms with van der Waals surface area (Å²) in [4.78, 5) is 11.3. The number of hydrogen-bond donors (Lipinski definition) is 1. The number of piperidine rings is 1. The topological polar surface area (TPSA) is 67.1 Å². The Labute approximate surface area is 185 Å². The molecule has 6 nitrogen and oxygen atoms in total. The van der Waals surface area contributed by atoms with Crippen LogP contribution in [0.5, 0.6) is 0 Å². The van der Waals surface area contributed by atoms with Gasteiger partial charge in [-0.25, -0.2) is 0 Å². The Morgan fingerprint density at radius 3 is 2.53 bits per heavy atom. The molecule has 1 aliphatic heterocycles. The molecule has 1 aliphatic carbocycles. The number of nitrogens with one attached hydrogen (secondary N) is 1. The lowest BCUT2D eigenvalue weighted by molar-refractivity contribution is 0.0715. The number of pyridine rings is 1. The van der Waals surface area contributed by atoms with Crippen LogP contribution < -0.4 is 10.2 Å². The third kappa shape index (κ3) is 3.74. The van der Waals surface area contributed by atoms with E-state index in [1.807, 2.05) is 13.1 Å².